The first-order valence-electron chi connectivity index (χ1n) is 9.67. The molecule has 7 nitrogen and oxygen atoms in total. The van der Waals surface area contributed by atoms with E-state index in [4.69, 9.17) is 34.8 Å². The van der Waals surface area contributed by atoms with Crippen molar-refractivity contribution in [2.24, 2.45) is 0 Å². The number of carbonyl (C=O) groups is 3. The van der Waals surface area contributed by atoms with E-state index in [9.17, 15) is 14.4 Å². The fraction of sp³-hybridized carbons (Fsp3) is 0. The van der Waals surface area contributed by atoms with Gasteiger partial charge in [0, 0.05) is 20.6 Å². The summed E-state index contributed by atoms with van der Waals surface area (Å²) in [5.74, 6) is -2.52. The van der Waals surface area contributed by atoms with Gasteiger partial charge in [-0.2, -0.15) is 0 Å². The van der Waals surface area contributed by atoms with Crippen LogP contribution in [0.4, 0.5) is 11.4 Å². The van der Waals surface area contributed by atoms with E-state index in [0.717, 1.165) is 4.47 Å². The number of nitrogens with one attached hydrogen (secondary N) is 3. The molecule has 3 aromatic carbocycles. The van der Waals surface area contributed by atoms with Crippen molar-refractivity contribution in [3.05, 3.63) is 92.0 Å². The number of fused-ring (bicyclic) bond motifs is 1. The normalized spacial score (nSPS) is 10.7. The van der Waals surface area contributed by atoms with E-state index < -0.39 is 17.7 Å². The summed E-state index contributed by atoms with van der Waals surface area (Å²) < 4.78 is 2.02. The van der Waals surface area contributed by atoms with E-state index in [0.29, 0.717) is 21.6 Å². The van der Waals surface area contributed by atoms with Crippen molar-refractivity contribution in [1.29, 1.82) is 0 Å². The van der Waals surface area contributed by atoms with Crippen LogP contribution in [0, 0.1) is 0 Å². The predicted octanol–water partition coefficient (Wildman–Crippen LogP) is 6.33. The minimum Gasteiger partial charge on any atom is -0.321 e. The van der Waals surface area contributed by atoms with E-state index in [-0.39, 0.29) is 21.4 Å². The van der Waals surface area contributed by atoms with Gasteiger partial charge in [0.1, 0.15) is 5.69 Å². The quantitative estimate of drug-likeness (QED) is 0.247. The highest BCUT2D eigenvalue weighted by atomic mass is 79.9. The Labute approximate surface area is 217 Å². The van der Waals surface area contributed by atoms with Crippen molar-refractivity contribution in [2.45, 2.75) is 0 Å². The Morgan fingerprint density at radius 3 is 2.29 bits per heavy atom. The third kappa shape index (κ3) is 5.20. The van der Waals surface area contributed by atoms with Gasteiger partial charge in [-0.25, -0.2) is 4.68 Å². The Morgan fingerprint density at radius 1 is 0.824 bits per heavy atom. The summed E-state index contributed by atoms with van der Waals surface area (Å²) in [4.78, 5) is 38.3. The standard InChI is InChI=1S/C23H14BrCl3N4O3/c24-13-4-9-18-12(10-13)11-19(21(32)28-15-7-5-14(25)6-8-15)31(18)30-23(34)22(33)29-17-3-1-2-16(26)20(17)27/h1-11H,(H,28,32)(H,29,33)(H,30,34). The molecule has 0 aliphatic heterocycles. The van der Waals surface area contributed by atoms with Crippen molar-refractivity contribution in [3.63, 3.8) is 0 Å². The monoisotopic (exact) mass is 578 g/mol. The molecule has 11 heteroatoms. The van der Waals surface area contributed by atoms with E-state index in [1.165, 1.54) is 10.7 Å². The third-order valence-electron chi connectivity index (χ3n) is 4.72. The van der Waals surface area contributed by atoms with Crippen LogP contribution in [0.1, 0.15) is 10.5 Å². The Hall–Kier alpha value is -3.04. The van der Waals surface area contributed by atoms with Crippen molar-refractivity contribution in [1.82, 2.24) is 4.68 Å². The predicted molar refractivity (Wildman–Crippen MR) is 139 cm³/mol. The van der Waals surface area contributed by atoms with Gasteiger partial charge >= 0.3 is 11.8 Å². The zero-order valence-electron chi connectivity index (χ0n) is 17.0. The summed E-state index contributed by atoms with van der Waals surface area (Å²) in [5.41, 5.74) is 3.77. The lowest BCUT2D eigenvalue weighted by Crippen LogP contribution is -2.36. The van der Waals surface area contributed by atoms with Crippen LogP contribution in [-0.2, 0) is 9.59 Å². The van der Waals surface area contributed by atoms with Crippen molar-refractivity contribution in [3.8, 4) is 0 Å². The number of hydrogen-bond donors (Lipinski definition) is 3. The Kier molecular flexibility index (Phi) is 7.13. The Morgan fingerprint density at radius 2 is 1.56 bits per heavy atom. The molecule has 34 heavy (non-hydrogen) atoms. The number of rotatable bonds is 4. The molecule has 0 bridgehead atoms. The highest BCUT2D eigenvalue weighted by molar-refractivity contribution is 9.10. The lowest BCUT2D eigenvalue weighted by atomic mass is 10.2. The van der Waals surface area contributed by atoms with Crippen LogP contribution >= 0.6 is 50.7 Å². The molecule has 3 N–H and O–H groups in total. The molecule has 0 radical (unpaired) electrons. The summed E-state index contributed by atoms with van der Waals surface area (Å²) in [6.07, 6.45) is 0. The van der Waals surface area contributed by atoms with Crippen LogP contribution in [0.5, 0.6) is 0 Å². The molecule has 0 fully saturated rings. The molecule has 4 rings (SSSR count). The number of hydrogen-bond acceptors (Lipinski definition) is 3. The Balaban J connectivity index is 1.63. The van der Waals surface area contributed by atoms with Crippen LogP contribution < -0.4 is 16.1 Å². The number of carbonyl (C=O) groups excluding carboxylic acids is 3. The molecule has 0 atom stereocenters. The smallest absolute Gasteiger partial charge is 0.321 e. The second-order valence-corrected chi connectivity index (χ2v) is 9.16. The zero-order chi connectivity index (χ0) is 24.4. The summed E-state index contributed by atoms with van der Waals surface area (Å²) in [6, 6.07) is 18.0. The first kappa shape index (κ1) is 24.1. The highest BCUT2D eigenvalue weighted by Crippen LogP contribution is 2.29. The van der Waals surface area contributed by atoms with Crippen molar-refractivity contribution in [2.75, 3.05) is 16.1 Å². The highest BCUT2D eigenvalue weighted by Gasteiger charge is 2.22. The van der Waals surface area contributed by atoms with Gasteiger partial charge in [-0.15, -0.1) is 0 Å². The largest absolute Gasteiger partial charge is 0.328 e. The van der Waals surface area contributed by atoms with E-state index in [1.807, 2.05) is 0 Å². The number of amides is 3. The molecule has 0 saturated carbocycles. The average Bonchev–Trinajstić information content (AvgIpc) is 3.15. The molecular formula is C23H14BrCl3N4O3. The number of aromatic nitrogens is 1. The van der Waals surface area contributed by atoms with Gasteiger partial charge in [0.05, 0.1) is 21.2 Å². The van der Waals surface area contributed by atoms with Crippen LogP contribution in [0.2, 0.25) is 15.1 Å². The van der Waals surface area contributed by atoms with Gasteiger partial charge in [0.15, 0.2) is 0 Å². The fourth-order valence-corrected chi connectivity index (χ4v) is 3.99. The second-order valence-electron chi connectivity index (χ2n) is 7.03. The number of anilines is 2. The van der Waals surface area contributed by atoms with Gasteiger partial charge < -0.3 is 10.6 Å². The number of nitrogens with zero attached hydrogens (tertiary/aromatic N) is 1. The third-order valence-corrected chi connectivity index (χ3v) is 6.28. The maximum Gasteiger partial charge on any atom is 0.328 e. The molecule has 0 unspecified atom stereocenters. The lowest BCUT2D eigenvalue weighted by molar-refractivity contribution is -0.133. The summed E-state index contributed by atoms with van der Waals surface area (Å²) >= 11 is 21.3. The number of benzene rings is 3. The Bertz CT molecular complexity index is 1440. The topological polar surface area (TPSA) is 92.2 Å². The summed E-state index contributed by atoms with van der Waals surface area (Å²) in [7, 11) is 0. The molecule has 172 valence electrons. The van der Waals surface area contributed by atoms with Crippen LogP contribution in [0.25, 0.3) is 10.9 Å². The minimum absolute atomic E-state index is 0.101. The molecule has 0 aliphatic carbocycles. The molecule has 1 aromatic heterocycles. The zero-order valence-corrected chi connectivity index (χ0v) is 20.9. The molecule has 0 saturated heterocycles. The van der Waals surface area contributed by atoms with Crippen molar-refractivity contribution >= 4 is 90.7 Å². The fourth-order valence-electron chi connectivity index (χ4n) is 3.13. The van der Waals surface area contributed by atoms with Crippen LogP contribution in [-0.4, -0.2) is 22.4 Å². The van der Waals surface area contributed by atoms with Crippen LogP contribution in [0.15, 0.2) is 71.2 Å². The number of halogens is 4. The average molecular weight is 581 g/mol. The van der Waals surface area contributed by atoms with Gasteiger partial charge in [0.2, 0.25) is 0 Å². The minimum atomic E-state index is -1.02. The SMILES string of the molecule is O=C(Nc1cccc(Cl)c1Cl)C(=O)Nn1c(C(=O)Nc2ccc(Cl)cc2)cc2cc(Br)ccc21. The van der Waals surface area contributed by atoms with E-state index in [1.54, 1.807) is 60.7 Å². The molecule has 0 spiro atoms. The molecular weight excluding hydrogens is 567 g/mol. The van der Waals surface area contributed by atoms with Crippen LogP contribution in [0.3, 0.4) is 0 Å². The van der Waals surface area contributed by atoms with Gasteiger partial charge in [-0.05, 0) is 60.7 Å². The van der Waals surface area contributed by atoms with E-state index >= 15 is 0 Å². The lowest BCUT2D eigenvalue weighted by Gasteiger charge is -2.13. The maximum atomic E-state index is 13.0. The first-order chi connectivity index (χ1) is 16.2. The molecule has 1 heterocycles. The van der Waals surface area contributed by atoms with E-state index in [2.05, 4.69) is 32.0 Å². The summed E-state index contributed by atoms with van der Waals surface area (Å²) in [5, 5.41) is 6.67. The summed E-state index contributed by atoms with van der Waals surface area (Å²) in [6.45, 7) is 0. The second kappa shape index (κ2) is 10.1. The molecule has 3 amide bonds. The molecule has 0 aliphatic rings. The molecule has 4 aromatic rings. The van der Waals surface area contributed by atoms with Gasteiger partial charge in [-0.1, -0.05) is 56.8 Å². The van der Waals surface area contributed by atoms with Crippen molar-refractivity contribution < 1.29 is 14.4 Å². The maximum absolute atomic E-state index is 13.0. The van der Waals surface area contributed by atoms with Gasteiger partial charge in [0.25, 0.3) is 5.91 Å². The first-order valence-corrected chi connectivity index (χ1v) is 11.6. The van der Waals surface area contributed by atoms with Gasteiger partial charge in [-0.3, -0.25) is 19.8 Å².